The van der Waals surface area contributed by atoms with Crippen molar-refractivity contribution in [1.29, 1.82) is 0 Å². The van der Waals surface area contributed by atoms with Crippen molar-refractivity contribution in [3.63, 3.8) is 0 Å². The second kappa shape index (κ2) is 3.25. The lowest BCUT2D eigenvalue weighted by Crippen LogP contribution is -2.43. The second-order valence-corrected chi connectivity index (χ2v) is 3.11. The van der Waals surface area contributed by atoms with Gasteiger partial charge in [0.25, 0.3) is 0 Å². The highest BCUT2D eigenvalue weighted by atomic mass is 79.9. The van der Waals surface area contributed by atoms with Crippen molar-refractivity contribution in [2.75, 3.05) is 0 Å². The van der Waals surface area contributed by atoms with Gasteiger partial charge in [0.2, 0.25) is 0 Å². The first-order valence-electron chi connectivity index (χ1n) is 3.07. The minimum atomic E-state index is -0.242. The maximum absolute atomic E-state index is 9.28. The van der Waals surface area contributed by atoms with E-state index in [1.54, 1.807) is 0 Å². The Hall–Kier alpha value is -0.240. The van der Waals surface area contributed by atoms with Crippen molar-refractivity contribution in [1.82, 2.24) is 0 Å². The molecule has 0 saturated carbocycles. The molecular formula is C6HB4BrO. The van der Waals surface area contributed by atoms with Crippen molar-refractivity contribution < 1.29 is 5.11 Å². The van der Waals surface area contributed by atoms with Gasteiger partial charge in [0, 0.05) is 4.47 Å². The third kappa shape index (κ3) is 1.33. The number of halogens is 1. The Kier molecular flexibility index (Phi) is 2.67. The van der Waals surface area contributed by atoms with Crippen LogP contribution in [0.5, 0.6) is 5.75 Å². The zero-order valence-electron chi connectivity index (χ0n) is 6.13. The summed E-state index contributed by atoms with van der Waals surface area (Å²) >= 11 is 3.07. The maximum Gasteiger partial charge on any atom is 0.120 e. The number of benzene rings is 1. The number of aromatic hydroxyl groups is 1. The minimum Gasteiger partial charge on any atom is -0.509 e. The summed E-state index contributed by atoms with van der Waals surface area (Å²) in [6.45, 7) is 0. The Morgan fingerprint density at radius 1 is 0.833 bits per heavy atom. The topological polar surface area (TPSA) is 20.2 Å². The highest BCUT2D eigenvalue weighted by molar-refractivity contribution is 9.10. The molecule has 0 fully saturated rings. The molecular weight excluding hydrogens is 211 g/mol. The fourth-order valence-corrected chi connectivity index (χ4v) is 1.19. The third-order valence-corrected chi connectivity index (χ3v) is 2.42. The van der Waals surface area contributed by atoms with E-state index >= 15 is 0 Å². The van der Waals surface area contributed by atoms with Crippen LogP contribution in [0.4, 0.5) is 0 Å². The Morgan fingerprint density at radius 2 is 1.33 bits per heavy atom. The first-order chi connectivity index (χ1) is 5.46. The Bertz CT molecular complexity index is 234. The Labute approximate surface area is 84.7 Å². The van der Waals surface area contributed by atoms with Gasteiger partial charge in [-0.3, -0.25) is 0 Å². The quantitative estimate of drug-likeness (QED) is 0.465. The van der Waals surface area contributed by atoms with Crippen LogP contribution < -0.4 is 21.9 Å². The normalized spacial score (nSPS) is 10.1. The molecule has 0 aliphatic rings. The van der Waals surface area contributed by atoms with Gasteiger partial charge in [-0.1, -0.05) is 26.9 Å². The number of rotatable bonds is 0. The molecule has 1 rings (SSSR count). The SMILES string of the molecule is [B]c1c([B])c(O)c([B])c(Br)c1[B]. The lowest BCUT2D eigenvalue weighted by atomic mass is 9.69. The summed E-state index contributed by atoms with van der Waals surface area (Å²) in [5.74, 6) is -0.242. The Balaban J connectivity index is 3.60. The van der Waals surface area contributed by atoms with Gasteiger partial charge < -0.3 is 5.11 Å². The molecule has 0 aliphatic heterocycles. The molecule has 0 bridgehead atoms. The maximum atomic E-state index is 9.28. The molecule has 0 aliphatic carbocycles. The summed E-state index contributed by atoms with van der Waals surface area (Å²) in [7, 11) is 21.8. The van der Waals surface area contributed by atoms with E-state index in [1.165, 1.54) is 0 Å². The van der Waals surface area contributed by atoms with Crippen LogP contribution in [0.1, 0.15) is 0 Å². The predicted molar refractivity (Wildman–Crippen MR) is 57.4 cm³/mol. The smallest absolute Gasteiger partial charge is 0.120 e. The van der Waals surface area contributed by atoms with Crippen molar-refractivity contribution in [2.45, 2.75) is 0 Å². The molecule has 1 aromatic carbocycles. The predicted octanol–water partition coefficient (Wildman–Crippen LogP) is -2.67. The largest absolute Gasteiger partial charge is 0.509 e. The van der Waals surface area contributed by atoms with E-state index in [1.807, 2.05) is 0 Å². The van der Waals surface area contributed by atoms with Crippen LogP contribution in [-0.2, 0) is 0 Å². The van der Waals surface area contributed by atoms with Crippen LogP contribution in [0.25, 0.3) is 0 Å². The van der Waals surface area contributed by atoms with E-state index in [9.17, 15) is 5.11 Å². The van der Waals surface area contributed by atoms with Gasteiger partial charge in [-0.15, -0.1) is 5.46 Å². The van der Waals surface area contributed by atoms with Crippen LogP contribution >= 0.6 is 15.9 Å². The molecule has 1 N–H and O–H groups in total. The van der Waals surface area contributed by atoms with Gasteiger partial charge >= 0.3 is 0 Å². The van der Waals surface area contributed by atoms with E-state index in [-0.39, 0.29) is 27.6 Å². The van der Waals surface area contributed by atoms with Crippen molar-refractivity contribution in [3.05, 3.63) is 4.47 Å². The summed E-state index contributed by atoms with van der Waals surface area (Å²) in [5.41, 5.74) is 0.476. The molecule has 1 nitrogen and oxygen atoms in total. The lowest BCUT2D eigenvalue weighted by molar-refractivity contribution is 0.484. The van der Waals surface area contributed by atoms with Crippen LogP contribution in [0.15, 0.2) is 4.47 Å². The van der Waals surface area contributed by atoms with Gasteiger partial charge in [0.05, 0.1) is 0 Å². The zero-order chi connectivity index (χ0) is 9.46. The summed E-state index contributed by atoms with van der Waals surface area (Å²) < 4.78 is 0.367. The molecule has 0 atom stereocenters. The first kappa shape index (κ1) is 9.84. The van der Waals surface area contributed by atoms with Crippen LogP contribution in [0.2, 0.25) is 0 Å². The fraction of sp³-hybridized carbons (Fsp3) is 0. The van der Waals surface area contributed by atoms with Gasteiger partial charge in [-0.2, -0.15) is 0 Å². The van der Waals surface area contributed by atoms with E-state index < -0.39 is 0 Å². The van der Waals surface area contributed by atoms with Gasteiger partial charge in [0.1, 0.15) is 37.1 Å². The van der Waals surface area contributed by atoms with Crippen molar-refractivity contribution >= 4 is 69.2 Å². The minimum absolute atomic E-state index is 0.00759. The van der Waals surface area contributed by atoms with Crippen LogP contribution in [-0.4, -0.2) is 36.5 Å². The van der Waals surface area contributed by atoms with Gasteiger partial charge in [0.15, 0.2) is 0 Å². The molecule has 0 spiro atoms. The van der Waals surface area contributed by atoms with Crippen LogP contribution in [0, 0.1) is 0 Å². The standard InChI is InChI=1S/C6HB4BrO/c7-1-2(8)5(11)4(10)6(12)3(1)9/h12H. The van der Waals surface area contributed by atoms with E-state index in [4.69, 9.17) is 31.4 Å². The molecule has 1 aromatic rings. The summed E-state index contributed by atoms with van der Waals surface area (Å²) in [5, 5.41) is 9.28. The van der Waals surface area contributed by atoms with Crippen LogP contribution in [0.3, 0.4) is 0 Å². The number of phenolic OH excluding ortho intramolecular Hbond substituents is 1. The molecule has 0 aromatic heterocycles. The second-order valence-electron chi connectivity index (χ2n) is 2.32. The molecule has 12 heavy (non-hydrogen) atoms. The fourth-order valence-electron chi connectivity index (χ4n) is 0.785. The van der Waals surface area contributed by atoms with Gasteiger partial charge in [-0.25, -0.2) is 0 Å². The monoisotopic (exact) mass is 212 g/mol. The van der Waals surface area contributed by atoms with E-state index in [0.29, 0.717) is 4.47 Å². The summed E-state index contributed by atoms with van der Waals surface area (Å²) in [6, 6.07) is 0. The number of hydrogen-bond donors (Lipinski definition) is 1. The molecule has 6 heteroatoms. The first-order valence-corrected chi connectivity index (χ1v) is 3.86. The average Bonchev–Trinajstić information content (AvgIpc) is 2.08. The molecule has 0 amide bonds. The molecule has 50 valence electrons. The number of hydrogen-bond acceptors (Lipinski definition) is 1. The molecule has 0 heterocycles. The Morgan fingerprint density at radius 3 is 1.83 bits per heavy atom. The van der Waals surface area contributed by atoms with Crippen molar-refractivity contribution in [2.24, 2.45) is 0 Å². The van der Waals surface area contributed by atoms with Crippen molar-refractivity contribution in [3.8, 4) is 5.75 Å². The van der Waals surface area contributed by atoms with Gasteiger partial charge in [-0.05, 0) is 5.46 Å². The highest BCUT2D eigenvalue weighted by Crippen LogP contribution is 2.05. The molecule has 0 saturated heterocycles. The third-order valence-electron chi connectivity index (χ3n) is 1.56. The summed E-state index contributed by atoms with van der Waals surface area (Å²) in [4.78, 5) is 0. The average molecular weight is 212 g/mol. The zero-order valence-corrected chi connectivity index (χ0v) is 7.72. The van der Waals surface area contributed by atoms with E-state index in [2.05, 4.69) is 15.9 Å². The highest BCUT2D eigenvalue weighted by Gasteiger charge is 2.09. The molecule has 8 radical (unpaired) electrons. The number of phenols is 1. The van der Waals surface area contributed by atoms with E-state index in [0.717, 1.165) is 0 Å². The molecule has 0 unspecified atom stereocenters. The summed E-state index contributed by atoms with van der Waals surface area (Å²) in [6.07, 6.45) is 0. The lowest BCUT2D eigenvalue weighted by Gasteiger charge is -2.14.